The molecule has 36 heavy (non-hydrogen) atoms. The summed E-state index contributed by atoms with van der Waals surface area (Å²) in [5.74, 6) is 0.188. The van der Waals surface area contributed by atoms with Gasteiger partial charge < -0.3 is 14.2 Å². The monoisotopic (exact) mass is 558 g/mol. The highest BCUT2D eigenvalue weighted by atomic mass is 79.9. The highest BCUT2D eigenvalue weighted by Crippen LogP contribution is 2.38. The fourth-order valence-corrected chi connectivity index (χ4v) is 4.27. The largest absolute Gasteiger partial charge is 0.494 e. The number of barbiturate groups is 1. The molecule has 2 aromatic carbocycles. The van der Waals surface area contributed by atoms with Crippen molar-refractivity contribution in [2.75, 3.05) is 24.7 Å². The standard InChI is InChI=1S/C27H31BrN2O6/c1-4-7-8-9-14-36-24-22(28)16-18(17-23(24)35-6-3)15-21-25(31)29-27(33)30(26(21)32)19-10-12-20(13-11-19)34-5-2/h10-13,15-17H,4-9,14H2,1-3H3,(H,29,31,33)/b21-15+. The number of rotatable bonds is 12. The molecule has 0 saturated carbocycles. The highest BCUT2D eigenvalue weighted by Gasteiger charge is 2.37. The fraction of sp³-hybridized carbons (Fsp3) is 0.370. The molecule has 0 radical (unpaired) electrons. The van der Waals surface area contributed by atoms with E-state index in [2.05, 4.69) is 28.2 Å². The molecular formula is C27H31BrN2O6. The predicted octanol–water partition coefficient (Wildman–Crippen LogP) is 5.87. The van der Waals surface area contributed by atoms with Crippen LogP contribution in [0.15, 0.2) is 46.4 Å². The Labute approximate surface area is 219 Å². The minimum atomic E-state index is -0.811. The molecule has 0 aliphatic carbocycles. The van der Waals surface area contributed by atoms with Crippen LogP contribution in [-0.2, 0) is 9.59 Å². The molecule has 8 nitrogen and oxygen atoms in total. The van der Waals surface area contributed by atoms with Crippen molar-refractivity contribution in [3.05, 3.63) is 52.0 Å². The van der Waals surface area contributed by atoms with Gasteiger partial charge in [0.15, 0.2) is 11.5 Å². The number of halogens is 1. The average molecular weight is 559 g/mol. The maximum Gasteiger partial charge on any atom is 0.335 e. The average Bonchev–Trinajstić information content (AvgIpc) is 2.84. The topological polar surface area (TPSA) is 94.2 Å². The second-order valence-corrected chi connectivity index (χ2v) is 8.91. The van der Waals surface area contributed by atoms with Crippen molar-refractivity contribution < 1.29 is 28.6 Å². The minimum Gasteiger partial charge on any atom is -0.494 e. The van der Waals surface area contributed by atoms with Crippen LogP contribution in [0.1, 0.15) is 52.0 Å². The molecule has 9 heteroatoms. The zero-order valence-corrected chi connectivity index (χ0v) is 22.4. The summed E-state index contributed by atoms with van der Waals surface area (Å²) in [6.07, 6.45) is 5.75. The summed E-state index contributed by atoms with van der Waals surface area (Å²) < 4.78 is 17.8. The third-order valence-corrected chi connectivity index (χ3v) is 5.98. The number of ether oxygens (including phenoxy) is 3. The van der Waals surface area contributed by atoms with E-state index in [1.54, 1.807) is 36.4 Å². The van der Waals surface area contributed by atoms with Gasteiger partial charge in [-0.3, -0.25) is 14.9 Å². The van der Waals surface area contributed by atoms with Gasteiger partial charge in [-0.2, -0.15) is 0 Å². The van der Waals surface area contributed by atoms with Crippen LogP contribution in [0.3, 0.4) is 0 Å². The fourth-order valence-electron chi connectivity index (χ4n) is 3.69. The van der Waals surface area contributed by atoms with Crippen LogP contribution >= 0.6 is 15.9 Å². The van der Waals surface area contributed by atoms with Crippen LogP contribution in [0.5, 0.6) is 17.2 Å². The highest BCUT2D eigenvalue weighted by molar-refractivity contribution is 9.10. The van der Waals surface area contributed by atoms with E-state index in [1.807, 2.05) is 13.8 Å². The lowest BCUT2D eigenvalue weighted by Gasteiger charge is -2.26. The van der Waals surface area contributed by atoms with Gasteiger partial charge in [0.05, 0.1) is 30.0 Å². The first-order chi connectivity index (χ1) is 17.4. The van der Waals surface area contributed by atoms with E-state index in [-0.39, 0.29) is 5.57 Å². The molecule has 0 bridgehead atoms. The second kappa shape index (κ2) is 13.1. The summed E-state index contributed by atoms with van der Waals surface area (Å²) in [4.78, 5) is 39.2. The molecular weight excluding hydrogens is 528 g/mol. The maximum atomic E-state index is 13.2. The third-order valence-electron chi connectivity index (χ3n) is 5.39. The number of hydrogen-bond donors (Lipinski definition) is 1. The van der Waals surface area contributed by atoms with E-state index >= 15 is 0 Å². The molecule has 0 atom stereocenters. The lowest BCUT2D eigenvalue weighted by atomic mass is 10.1. The smallest absolute Gasteiger partial charge is 0.335 e. The van der Waals surface area contributed by atoms with E-state index < -0.39 is 17.8 Å². The molecule has 2 aromatic rings. The van der Waals surface area contributed by atoms with E-state index in [0.29, 0.717) is 52.8 Å². The second-order valence-electron chi connectivity index (χ2n) is 8.06. The lowest BCUT2D eigenvalue weighted by Crippen LogP contribution is -2.54. The SMILES string of the molecule is CCCCCCOc1c(Br)cc(/C=C2\C(=O)NC(=O)N(c3ccc(OCC)cc3)C2=O)cc1OCC. The summed E-state index contributed by atoms with van der Waals surface area (Å²) in [7, 11) is 0. The quantitative estimate of drug-likeness (QED) is 0.199. The molecule has 1 saturated heterocycles. The number of carbonyl (C=O) groups is 3. The third kappa shape index (κ3) is 6.66. The van der Waals surface area contributed by atoms with Crippen molar-refractivity contribution in [2.45, 2.75) is 46.5 Å². The molecule has 1 fully saturated rings. The Balaban J connectivity index is 1.88. The lowest BCUT2D eigenvalue weighted by molar-refractivity contribution is -0.122. The van der Waals surface area contributed by atoms with Crippen molar-refractivity contribution in [1.29, 1.82) is 0 Å². The van der Waals surface area contributed by atoms with Gasteiger partial charge in [0, 0.05) is 0 Å². The molecule has 1 aliphatic heterocycles. The molecule has 192 valence electrons. The Hall–Kier alpha value is -3.33. The molecule has 3 rings (SSSR count). The van der Waals surface area contributed by atoms with Crippen LogP contribution < -0.4 is 24.4 Å². The zero-order valence-electron chi connectivity index (χ0n) is 20.8. The van der Waals surface area contributed by atoms with Crippen molar-refractivity contribution >= 4 is 45.5 Å². The van der Waals surface area contributed by atoms with E-state index in [0.717, 1.165) is 30.6 Å². The number of urea groups is 1. The van der Waals surface area contributed by atoms with Gasteiger partial charge in [-0.25, -0.2) is 9.69 Å². The van der Waals surface area contributed by atoms with E-state index in [9.17, 15) is 14.4 Å². The first-order valence-electron chi connectivity index (χ1n) is 12.1. The Morgan fingerprint density at radius 2 is 1.64 bits per heavy atom. The Bertz CT molecular complexity index is 1130. The van der Waals surface area contributed by atoms with Gasteiger partial charge in [-0.05, 0) is 84.2 Å². The Morgan fingerprint density at radius 3 is 2.31 bits per heavy atom. The van der Waals surface area contributed by atoms with Gasteiger partial charge in [0.2, 0.25) is 0 Å². The molecule has 1 heterocycles. The number of hydrogen-bond acceptors (Lipinski definition) is 6. The molecule has 1 N–H and O–H groups in total. The number of imide groups is 2. The summed E-state index contributed by atoms with van der Waals surface area (Å²) in [6.45, 7) is 7.34. The number of anilines is 1. The predicted molar refractivity (Wildman–Crippen MR) is 142 cm³/mol. The van der Waals surface area contributed by atoms with Gasteiger partial charge in [0.1, 0.15) is 11.3 Å². The molecule has 1 aliphatic rings. The number of nitrogens with one attached hydrogen (secondary N) is 1. The number of nitrogens with zero attached hydrogens (tertiary/aromatic N) is 1. The summed E-state index contributed by atoms with van der Waals surface area (Å²) in [5.41, 5.74) is 0.691. The summed E-state index contributed by atoms with van der Waals surface area (Å²) in [6, 6.07) is 9.14. The first-order valence-corrected chi connectivity index (χ1v) is 12.9. The van der Waals surface area contributed by atoms with Gasteiger partial charge >= 0.3 is 6.03 Å². The summed E-state index contributed by atoms with van der Waals surface area (Å²) in [5, 5.41) is 2.24. The number of benzene rings is 2. The molecule has 0 unspecified atom stereocenters. The Kier molecular flexibility index (Phi) is 9.93. The molecule has 0 spiro atoms. The van der Waals surface area contributed by atoms with Gasteiger partial charge in [-0.1, -0.05) is 26.2 Å². The Morgan fingerprint density at radius 1 is 0.917 bits per heavy atom. The van der Waals surface area contributed by atoms with Crippen LogP contribution in [0.25, 0.3) is 6.08 Å². The van der Waals surface area contributed by atoms with Crippen molar-refractivity contribution in [1.82, 2.24) is 5.32 Å². The minimum absolute atomic E-state index is 0.175. The maximum absolute atomic E-state index is 13.2. The number of amides is 4. The van der Waals surface area contributed by atoms with Crippen LogP contribution in [0.4, 0.5) is 10.5 Å². The van der Waals surface area contributed by atoms with Crippen LogP contribution in [0.2, 0.25) is 0 Å². The van der Waals surface area contributed by atoms with E-state index in [4.69, 9.17) is 14.2 Å². The molecule has 4 amide bonds. The van der Waals surface area contributed by atoms with Crippen molar-refractivity contribution in [3.63, 3.8) is 0 Å². The number of carbonyl (C=O) groups excluding carboxylic acids is 3. The van der Waals surface area contributed by atoms with Crippen molar-refractivity contribution in [3.8, 4) is 17.2 Å². The van der Waals surface area contributed by atoms with Crippen molar-refractivity contribution in [2.24, 2.45) is 0 Å². The number of unbranched alkanes of at least 4 members (excludes halogenated alkanes) is 3. The van der Waals surface area contributed by atoms with Gasteiger partial charge in [0.25, 0.3) is 11.8 Å². The molecule has 0 aromatic heterocycles. The first kappa shape index (κ1) is 27.3. The van der Waals surface area contributed by atoms with Crippen LogP contribution in [0, 0.1) is 0 Å². The zero-order chi connectivity index (χ0) is 26.1. The normalized spacial score (nSPS) is 14.7. The van der Waals surface area contributed by atoms with Crippen LogP contribution in [-0.4, -0.2) is 37.7 Å². The summed E-state index contributed by atoms with van der Waals surface area (Å²) >= 11 is 3.53. The van der Waals surface area contributed by atoms with Gasteiger partial charge in [-0.15, -0.1) is 0 Å². The van der Waals surface area contributed by atoms with E-state index in [1.165, 1.54) is 6.08 Å².